The van der Waals surface area contributed by atoms with E-state index in [1.54, 1.807) is 0 Å². The molecule has 0 radical (unpaired) electrons. The van der Waals surface area contributed by atoms with Crippen molar-refractivity contribution in [2.75, 3.05) is 13.2 Å². The van der Waals surface area contributed by atoms with Gasteiger partial charge in [0.2, 0.25) is 0 Å². The lowest BCUT2D eigenvalue weighted by Crippen LogP contribution is -2.32. The first-order valence-electron chi connectivity index (χ1n) is 8.42. The zero-order valence-corrected chi connectivity index (χ0v) is 13.9. The molecule has 0 fully saturated rings. The average molecular weight is 325 g/mol. The molecule has 0 spiro atoms. The third-order valence-corrected chi connectivity index (χ3v) is 4.55. The minimum absolute atomic E-state index is 0.130. The van der Waals surface area contributed by atoms with Crippen molar-refractivity contribution >= 4 is 5.91 Å². The molecule has 1 aliphatic rings. The summed E-state index contributed by atoms with van der Waals surface area (Å²) in [6.45, 7) is 3.16. The summed E-state index contributed by atoms with van der Waals surface area (Å²) in [5, 5.41) is 12.7. The van der Waals surface area contributed by atoms with E-state index in [1.807, 2.05) is 42.5 Å². The standard InChI is InChI=1S/C20H23NO3/c1-2-14-6-8-15(9-7-14)19(12-22)21-20(23)18-5-3-4-16-13-24-11-10-17(16)18/h3-9,19,22H,2,10-13H2,1H3,(H,21,23). The maximum Gasteiger partial charge on any atom is 0.252 e. The maximum atomic E-state index is 12.7. The molecule has 24 heavy (non-hydrogen) atoms. The van der Waals surface area contributed by atoms with Gasteiger partial charge in [0.25, 0.3) is 5.91 Å². The Hall–Kier alpha value is -2.17. The van der Waals surface area contributed by atoms with Crippen LogP contribution in [0.3, 0.4) is 0 Å². The second-order valence-electron chi connectivity index (χ2n) is 6.05. The van der Waals surface area contributed by atoms with Gasteiger partial charge in [-0.3, -0.25) is 4.79 Å². The Balaban J connectivity index is 1.79. The molecule has 2 aromatic carbocycles. The Labute approximate surface area is 142 Å². The van der Waals surface area contributed by atoms with Crippen LogP contribution in [0.25, 0.3) is 0 Å². The first kappa shape index (κ1) is 16.7. The van der Waals surface area contributed by atoms with Crippen LogP contribution in [-0.2, 0) is 24.2 Å². The predicted molar refractivity (Wildman–Crippen MR) is 92.9 cm³/mol. The molecule has 1 aliphatic heterocycles. The van der Waals surface area contributed by atoms with E-state index in [2.05, 4.69) is 12.2 Å². The van der Waals surface area contributed by atoms with E-state index >= 15 is 0 Å². The molecule has 0 aliphatic carbocycles. The van der Waals surface area contributed by atoms with Gasteiger partial charge in [0, 0.05) is 5.56 Å². The molecule has 3 rings (SSSR count). The largest absolute Gasteiger partial charge is 0.394 e. The van der Waals surface area contributed by atoms with Crippen LogP contribution in [0.2, 0.25) is 0 Å². The Morgan fingerprint density at radius 2 is 2.04 bits per heavy atom. The summed E-state index contributed by atoms with van der Waals surface area (Å²) in [5.41, 5.74) is 4.95. The van der Waals surface area contributed by atoms with Crippen LogP contribution in [0.5, 0.6) is 0 Å². The second kappa shape index (κ2) is 7.60. The fourth-order valence-corrected chi connectivity index (χ4v) is 3.09. The van der Waals surface area contributed by atoms with Crippen LogP contribution in [0.4, 0.5) is 0 Å². The SMILES string of the molecule is CCc1ccc(C(CO)NC(=O)c2cccc3c2CCOC3)cc1. The van der Waals surface area contributed by atoms with Gasteiger partial charge in [-0.05, 0) is 41.2 Å². The van der Waals surface area contributed by atoms with E-state index < -0.39 is 6.04 Å². The molecular weight excluding hydrogens is 302 g/mol. The molecule has 1 atom stereocenters. The molecule has 2 aromatic rings. The maximum absolute atomic E-state index is 12.7. The molecular formula is C20H23NO3. The van der Waals surface area contributed by atoms with Gasteiger partial charge in [0.05, 0.1) is 25.9 Å². The molecule has 0 bridgehead atoms. The summed E-state index contributed by atoms with van der Waals surface area (Å²) in [4.78, 5) is 12.7. The molecule has 2 N–H and O–H groups in total. The molecule has 1 unspecified atom stereocenters. The number of ether oxygens (including phenoxy) is 1. The topological polar surface area (TPSA) is 58.6 Å². The Morgan fingerprint density at radius 1 is 1.25 bits per heavy atom. The molecule has 126 valence electrons. The lowest BCUT2D eigenvalue weighted by Gasteiger charge is -2.22. The van der Waals surface area contributed by atoms with Gasteiger partial charge in [0.15, 0.2) is 0 Å². The first-order valence-corrected chi connectivity index (χ1v) is 8.42. The van der Waals surface area contributed by atoms with Gasteiger partial charge in [-0.1, -0.05) is 43.3 Å². The molecule has 4 heteroatoms. The number of amides is 1. The highest BCUT2D eigenvalue weighted by Crippen LogP contribution is 2.22. The van der Waals surface area contributed by atoms with Crippen LogP contribution in [0, 0.1) is 0 Å². The Bertz CT molecular complexity index is 709. The zero-order chi connectivity index (χ0) is 16.9. The van der Waals surface area contributed by atoms with E-state index in [0.29, 0.717) is 18.8 Å². The van der Waals surface area contributed by atoms with Crippen LogP contribution >= 0.6 is 0 Å². The number of hydrogen-bond donors (Lipinski definition) is 2. The van der Waals surface area contributed by atoms with E-state index in [9.17, 15) is 9.90 Å². The Kier molecular flexibility index (Phi) is 5.28. The minimum Gasteiger partial charge on any atom is -0.394 e. The van der Waals surface area contributed by atoms with E-state index in [-0.39, 0.29) is 12.5 Å². The molecule has 1 heterocycles. The number of nitrogens with one attached hydrogen (secondary N) is 1. The van der Waals surface area contributed by atoms with Gasteiger partial charge in [0.1, 0.15) is 0 Å². The highest BCUT2D eigenvalue weighted by atomic mass is 16.5. The fourth-order valence-electron chi connectivity index (χ4n) is 3.09. The van der Waals surface area contributed by atoms with Crippen LogP contribution in [-0.4, -0.2) is 24.2 Å². The van der Waals surface area contributed by atoms with E-state index in [0.717, 1.165) is 29.5 Å². The summed E-state index contributed by atoms with van der Waals surface area (Å²) < 4.78 is 5.45. The van der Waals surface area contributed by atoms with Crippen molar-refractivity contribution in [1.29, 1.82) is 0 Å². The number of aliphatic hydroxyl groups is 1. The van der Waals surface area contributed by atoms with E-state index in [1.165, 1.54) is 5.56 Å². The van der Waals surface area contributed by atoms with Gasteiger partial charge in [-0.2, -0.15) is 0 Å². The summed E-state index contributed by atoms with van der Waals surface area (Å²) in [6.07, 6.45) is 1.71. The smallest absolute Gasteiger partial charge is 0.252 e. The third kappa shape index (κ3) is 3.50. The minimum atomic E-state index is -0.404. The van der Waals surface area contributed by atoms with Crippen molar-refractivity contribution in [3.63, 3.8) is 0 Å². The quantitative estimate of drug-likeness (QED) is 0.889. The zero-order valence-electron chi connectivity index (χ0n) is 13.9. The normalized spacial score (nSPS) is 14.8. The number of fused-ring (bicyclic) bond motifs is 1. The van der Waals surface area contributed by atoms with Crippen molar-refractivity contribution in [3.05, 3.63) is 70.3 Å². The van der Waals surface area contributed by atoms with Crippen molar-refractivity contribution in [1.82, 2.24) is 5.32 Å². The number of aliphatic hydroxyl groups excluding tert-OH is 1. The highest BCUT2D eigenvalue weighted by molar-refractivity contribution is 5.96. The Morgan fingerprint density at radius 3 is 2.75 bits per heavy atom. The van der Waals surface area contributed by atoms with Crippen molar-refractivity contribution in [2.24, 2.45) is 0 Å². The summed E-state index contributed by atoms with van der Waals surface area (Å²) in [6, 6.07) is 13.3. The lowest BCUT2D eigenvalue weighted by molar-refractivity contribution is 0.0905. The highest BCUT2D eigenvalue weighted by Gasteiger charge is 2.20. The van der Waals surface area contributed by atoms with Crippen LogP contribution < -0.4 is 5.32 Å². The third-order valence-electron chi connectivity index (χ3n) is 4.55. The molecule has 4 nitrogen and oxygen atoms in total. The van der Waals surface area contributed by atoms with Gasteiger partial charge >= 0.3 is 0 Å². The van der Waals surface area contributed by atoms with Gasteiger partial charge < -0.3 is 15.2 Å². The van der Waals surface area contributed by atoms with Crippen molar-refractivity contribution in [2.45, 2.75) is 32.4 Å². The number of hydrogen-bond acceptors (Lipinski definition) is 3. The first-order chi connectivity index (χ1) is 11.7. The number of carbonyl (C=O) groups excluding carboxylic acids is 1. The predicted octanol–water partition coefficient (Wildman–Crippen LogP) is 2.79. The summed E-state index contributed by atoms with van der Waals surface area (Å²) >= 11 is 0. The summed E-state index contributed by atoms with van der Waals surface area (Å²) in [7, 11) is 0. The number of rotatable bonds is 5. The number of aryl methyl sites for hydroxylation is 1. The van der Waals surface area contributed by atoms with Crippen LogP contribution in [0.15, 0.2) is 42.5 Å². The fraction of sp³-hybridized carbons (Fsp3) is 0.350. The molecule has 0 saturated heterocycles. The molecule has 0 saturated carbocycles. The average Bonchev–Trinajstić information content (AvgIpc) is 2.65. The van der Waals surface area contributed by atoms with Gasteiger partial charge in [-0.25, -0.2) is 0 Å². The van der Waals surface area contributed by atoms with Crippen molar-refractivity contribution < 1.29 is 14.6 Å². The van der Waals surface area contributed by atoms with E-state index in [4.69, 9.17) is 4.74 Å². The molecule has 1 amide bonds. The van der Waals surface area contributed by atoms with Crippen molar-refractivity contribution in [3.8, 4) is 0 Å². The van der Waals surface area contributed by atoms with Crippen LogP contribution in [0.1, 0.15) is 45.6 Å². The monoisotopic (exact) mass is 325 g/mol. The summed E-state index contributed by atoms with van der Waals surface area (Å²) in [5.74, 6) is -0.146. The second-order valence-corrected chi connectivity index (χ2v) is 6.05. The van der Waals surface area contributed by atoms with Gasteiger partial charge in [-0.15, -0.1) is 0 Å². The lowest BCUT2D eigenvalue weighted by atomic mass is 9.96. The molecule has 0 aromatic heterocycles. The number of benzene rings is 2. The number of carbonyl (C=O) groups is 1.